The molecule has 0 aromatic heterocycles. The molecule has 1 saturated heterocycles. The topological polar surface area (TPSA) is 46.6 Å². The summed E-state index contributed by atoms with van der Waals surface area (Å²) in [6.45, 7) is 1.48. The molecule has 2 aromatic rings. The van der Waals surface area contributed by atoms with Gasteiger partial charge in [-0.05, 0) is 30.0 Å². The van der Waals surface area contributed by atoms with E-state index in [2.05, 4.69) is 0 Å². The lowest BCUT2D eigenvalue weighted by Crippen LogP contribution is -2.39. The van der Waals surface area contributed by atoms with Crippen molar-refractivity contribution in [2.45, 2.75) is 19.4 Å². The van der Waals surface area contributed by atoms with Crippen LogP contribution in [0.5, 0.6) is 0 Å². The van der Waals surface area contributed by atoms with Gasteiger partial charge in [0, 0.05) is 19.2 Å². The number of ether oxygens (including phenoxy) is 1. The summed E-state index contributed by atoms with van der Waals surface area (Å²) in [5.41, 5.74) is 1.99. The summed E-state index contributed by atoms with van der Waals surface area (Å²) < 4.78 is 5.41. The first-order valence-electron chi connectivity index (χ1n) is 8.95. The normalized spacial score (nSPS) is 15.2. The van der Waals surface area contributed by atoms with Gasteiger partial charge in [-0.15, -0.1) is 0 Å². The molecule has 2 aromatic carbocycles. The SMILES string of the molecule is O=C(OCc1ccccc1)C1CCN(C(=O)/C=C/c2ccccc2)CC1. The van der Waals surface area contributed by atoms with Crippen LogP contribution in [0.4, 0.5) is 0 Å². The molecular weight excluding hydrogens is 326 g/mol. The molecule has 0 N–H and O–H groups in total. The molecule has 1 amide bonds. The third-order valence-electron chi connectivity index (χ3n) is 4.58. The zero-order chi connectivity index (χ0) is 18.2. The van der Waals surface area contributed by atoms with Crippen LogP contribution in [0.3, 0.4) is 0 Å². The molecular formula is C22H23NO3. The molecule has 0 saturated carbocycles. The van der Waals surface area contributed by atoms with Crippen molar-refractivity contribution in [1.82, 2.24) is 4.90 Å². The van der Waals surface area contributed by atoms with Gasteiger partial charge in [0.2, 0.25) is 5.91 Å². The van der Waals surface area contributed by atoms with Gasteiger partial charge in [0.1, 0.15) is 6.61 Å². The van der Waals surface area contributed by atoms with E-state index in [4.69, 9.17) is 4.74 Å². The van der Waals surface area contributed by atoms with Crippen LogP contribution in [0.2, 0.25) is 0 Å². The molecule has 0 spiro atoms. The Bertz CT molecular complexity index is 747. The maximum Gasteiger partial charge on any atom is 0.309 e. The van der Waals surface area contributed by atoms with Crippen molar-refractivity contribution in [3.63, 3.8) is 0 Å². The monoisotopic (exact) mass is 349 g/mol. The van der Waals surface area contributed by atoms with E-state index in [1.54, 1.807) is 11.0 Å². The summed E-state index contributed by atoms with van der Waals surface area (Å²) in [5.74, 6) is -0.299. The number of benzene rings is 2. The van der Waals surface area contributed by atoms with Crippen molar-refractivity contribution in [2.24, 2.45) is 5.92 Å². The first-order valence-corrected chi connectivity index (χ1v) is 8.95. The highest BCUT2D eigenvalue weighted by Crippen LogP contribution is 2.20. The highest BCUT2D eigenvalue weighted by Gasteiger charge is 2.27. The summed E-state index contributed by atoms with van der Waals surface area (Å²) in [6.07, 6.45) is 4.73. The number of hydrogen-bond acceptors (Lipinski definition) is 3. The summed E-state index contributed by atoms with van der Waals surface area (Å²) in [4.78, 5) is 26.3. The number of piperidine rings is 1. The summed E-state index contributed by atoms with van der Waals surface area (Å²) in [7, 11) is 0. The zero-order valence-electron chi connectivity index (χ0n) is 14.7. The van der Waals surface area contributed by atoms with Gasteiger partial charge in [-0.1, -0.05) is 60.7 Å². The number of rotatable bonds is 5. The van der Waals surface area contributed by atoms with E-state index >= 15 is 0 Å². The maximum absolute atomic E-state index is 12.3. The quantitative estimate of drug-likeness (QED) is 0.611. The second kappa shape index (κ2) is 8.99. The Morgan fingerprint density at radius 1 is 0.962 bits per heavy atom. The molecule has 1 fully saturated rings. The second-order valence-electron chi connectivity index (χ2n) is 6.44. The van der Waals surface area contributed by atoms with E-state index in [1.165, 1.54) is 0 Å². The largest absolute Gasteiger partial charge is 0.461 e. The van der Waals surface area contributed by atoms with Gasteiger partial charge >= 0.3 is 5.97 Å². The van der Waals surface area contributed by atoms with Gasteiger partial charge in [0.15, 0.2) is 0 Å². The fraction of sp³-hybridized carbons (Fsp3) is 0.273. The van der Waals surface area contributed by atoms with Crippen molar-refractivity contribution in [3.8, 4) is 0 Å². The highest BCUT2D eigenvalue weighted by molar-refractivity contribution is 5.92. The van der Waals surface area contributed by atoms with Gasteiger partial charge < -0.3 is 9.64 Å². The van der Waals surface area contributed by atoms with Gasteiger partial charge in [-0.3, -0.25) is 9.59 Å². The van der Waals surface area contributed by atoms with Crippen LogP contribution in [0, 0.1) is 5.92 Å². The summed E-state index contributed by atoms with van der Waals surface area (Å²) in [6, 6.07) is 19.4. The van der Waals surface area contributed by atoms with Crippen LogP contribution in [-0.2, 0) is 20.9 Å². The van der Waals surface area contributed by atoms with Crippen LogP contribution in [-0.4, -0.2) is 29.9 Å². The smallest absolute Gasteiger partial charge is 0.309 e. The standard InChI is InChI=1S/C22H23NO3/c24-21(12-11-18-7-3-1-4-8-18)23-15-13-20(14-16-23)22(25)26-17-19-9-5-2-6-10-19/h1-12,20H,13-17H2/b12-11+. The average Bonchev–Trinajstić information content (AvgIpc) is 2.72. The average molecular weight is 349 g/mol. The molecule has 0 unspecified atom stereocenters. The third-order valence-corrected chi connectivity index (χ3v) is 4.58. The molecule has 26 heavy (non-hydrogen) atoms. The molecule has 4 nitrogen and oxygen atoms in total. The maximum atomic E-state index is 12.3. The van der Waals surface area contributed by atoms with E-state index < -0.39 is 0 Å². The fourth-order valence-corrected chi connectivity index (χ4v) is 3.02. The molecule has 0 radical (unpaired) electrons. The van der Waals surface area contributed by atoms with Crippen LogP contribution < -0.4 is 0 Å². The van der Waals surface area contributed by atoms with Gasteiger partial charge in [-0.25, -0.2) is 0 Å². The van der Waals surface area contributed by atoms with Crippen molar-refractivity contribution in [3.05, 3.63) is 77.9 Å². The Morgan fingerprint density at radius 3 is 2.23 bits per heavy atom. The molecule has 0 bridgehead atoms. The Balaban J connectivity index is 1.44. The van der Waals surface area contributed by atoms with Gasteiger partial charge in [-0.2, -0.15) is 0 Å². The van der Waals surface area contributed by atoms with Crippen molar-refractivity contribution in [1.29, 1.82) is 0 Å². The number of carbonyl (C=O) groups excluding carboxylic acids is 2. The van der Waals surface area contributed by atoms with Crippen LogP contribution in [0.1, 0.15) is 24.0 Å². The molecule has 0 aliphatic carbocycles. The van der Waals surface area contributed by atoms with Gasteiger partial charge in [0.05, 0.1) is 5.92 Å². The van der Waals surface area contributed by atoms with Crippen molar-refractivity contribution < 1.29 is 14.3 Å². The zero-order valence-corrected chi connectivity index (χ0v) is 14.7. The van der Waals surface area contributed by atoms with Crippen molar-refractivity contribution >= 4 is 18.0 Å². The predicted molar refractivity (Wildman–Crippen MR) is 101 cm³/mol. The van der Waals surface area contributed by atoms with Crippen LogP contribution in [0.25, 0.3) is 6.08 Å². The third kappa shape index (κ3) is 5.06. The Morgan fingerprint density at radius 2 is 1.58 bits per heavy atom. The van der Waals surface area contributed by atoms with E-state index in [0.29, 0.717) is 32.5 Å². The molecule has 1 aliphatic rings. The molecule has 1 aliphatic heterocycles. The number of nitrogens with zero attached hydrogens (tertiary/aromatic N) is 1. The molecule has 134 valence electrons. The molecule has 1 heterocycles. The minimum Gasteiger partial charge on any atom is -0.461 e. The minimum atomic E-state index is -0.166. The lowest BCUT2D eigenvalue weighted by molar-refractivity contribution is -0.152. The fourth-order valence-electron chi connectivity index (χ4n) is 3.02. The number of esters is 1. The van der Waals surface area contributed by atoms with Gasteiger partial charge in [0.25, 0.3) is 0 Å². The van der Waals surface area contributed by atoms with E-state index in [1.807, 2.05) is 66.7 Å². The number of amides is 1. The van der Waals surface area contributed by atoms with Crippen molar-refractivity contribution in [2.75, 3.05) is 13.1 Å². The lowest BCUT2D eigenvalue weighted by Gasteiger charge is -2.30. The Labute approximate surface area is 154 Å². The van der Waals surface area contributed by atoms with E-state index in [0.717, 1.165) is 11.1 Å². The molecule has 3 rings (SSSR count). The first kappa shape index (κ1) is 17.9. The minimum absolute atomic E-state index is 0.00930. The number of carbonyl (C=O) groups is 2. The number of hydrogen-bond donors (Lipinski definition) is 0. The number of likely N-dealkylation sites (tertiary alicyclic amines) is 1. The summed E-state index contributed by atoms with van der Waals surface area (Å²) >= 11 is 0. The molecule has 4 heteroatoms. The lowest BCUT2D eigenvalue weighted by atomic mass is 9.97. The van der Waals surface area contributed by atoms with E-state index in [9.17, 15) is 9.59 Å². The second-order valence-corrected chi connectivity index (χ2v) is 6.44. The first-order chi connectivity index (χ1) is 12.7. The van der Waals surface area contributed by atoms with Crippen LogP contribution in [0.15, 0.2) is 66.7 Å². The highest BCUT2D eigenvalue weighted by atomic mass is 16.5. The van der Waals surface area contributed by atoms with Crippen LogP contribution >= 0.6 is 0 Å². The summed E-state index contributed by atoms with van der Waals surface area (Å²) in [5, 5.41) is 0. The molecule has 0 atom stereocenters. The predicted octanol–water partition coefficient (Wildman–Crippen LogP) is 3.68. The van der Waals surface area contributed by atoms with E-state index in [-0.39, 0.29) is 17.8 Å². The Kier molecular flexibility index (Phi) is 6.20. The Hall–Kier alpha value is -2.88.